The van der Waals surface area contributed by atoms with Crippen molar-refractivity contribution in [2.45, 2.75) is 51.6 Å². The van der Waals surface area contributed by atoms with E-state index >= 15 is 0 Å². The van der Waals surface area contributed by atoms with Gasteiger partial charge in [0.2, 0.25) is 5.91 Å². The minimum absolute atomic E-state index is 0.0745. The van der Waals surface area contributed by atoms with Gasteiger partial charge < -0.3 is 16.8 Å². The average Bonchev–Trinajstić information content (AvgIpc) is 2.01. The van der Waals surface area contributed by atoms with Crippen molar-refractivity contribution >= 4 is 5.91 Å². The van der Waals surface area contributed by atoms with Crippen LogP contribution in [0.3, 0.4) is 0 Å². The highest BCUT2D eigenvalue weighted by atomic mass is 16.2. The predicted octanol–water partition coefficient (Wildman–Crippen LogP) is 0.357. The first-order valence-corrected chi connectivity index (χ1v) is 5.14. The SMILES string of the molecule is CC(C)(C)NC(=O)[C@H](N)CCCCN. The molecule has 0 saturated carbocycles. The van der Waals surface area contributed by atoms with Crippen LogP contribution in [0.2, 0.25) is 0 Å². The fraction of sp³-hybridized carbons (Fsp3) is 0.900. The summed E-state index contributed by atoms with van der Waals surface area (Å²) in [5, 5.41) is 2.85. The molecule has 0 spiro atoms. The summed E-state index contributed by atoms with van der Waals surface area (Å²) in [7, 11) is 0. The molecule has 14 heavy (non-hydrogen) atoms. The second-order valence-corrected chi connectivity index (χ2v) is 4.63. The van der Waals surface area contributed by atoms with E-state index in [9.17, 15) is 4.79 Å². The maximum absolute atomic E-state index is 11.5. The summed E-state index contributed by atoms with van der Waals surface area (Å²) in [6.45, 7) is 6.49. The lowest BCUT2D eigenvalue weighted by molar-refractivity contribution is -0.123. The Kier molecular flexibility index (Phi) is 5.72. The molecule has 1 atom stereocenters. The van der Waals surface area contributed by atoms with Gasteiger partial charge in [-0.25, -0.2) is 0 Å². The summed E-state index contributed by atoms with van der Waals surface area (Å²) in [6, 6.07) is -0.402. The van der Waals surface area contributed by atoms with Crippen molar-refractivity contribution in [3.8, 4) is 0 Å². The summed E-state index contributed by atoms with van der Waals surface area (Å²) in [6.07, 6.45) is 2.55. The fourth-order valence-corrected chi connectivity index (χ4v) is 1.10. The third kappa shape index (κ3) is 6.86. The van der Waals surface area contributed by atoms with E-state index in [1.165, 1.54) is 0 Å². The van der Waals surface area contributed by atoms with Crippen molar-refractivity contribution in [1.29, 1.82) is 0 Å². The Labute approximate surface area is 86.4 Å². The summed E-state index contributed by atoms with van der Waals surface area (Å²) in [5.74, 6) is -0.0745. The molecule has 0 aliphatic heterocycles. The number of carbonyl (C=O) groups excluding carboxylic acids is 1. The molecule has 0 aromatic rings. The molecule has 0 aliphatic rings. The third-order valence-electron chi connectivity index (χ3n) is 1.80. The zero-order valence-corrected chi connectivity index (χ0v) is 9.47. The van der Waals surface area contributed by atoms with Crippen LogP contribution < -0.4 is 16.8 Å². The first-order valence-electron chi connectivity index (χ1n) is 5.14. The average molecular weight is 201 g/mol. The van der Waals surface area contributed by atoms with Gasteiger partial charge in [0.15, 0.2) is 0 Å². The topological polar surface area (TPSA) is 81.1 Å². The van der Waals surface area contributed by atoms with Crippen molar-refractivity contribution in [3.63, 3.8) is 0 Å². The van der Waals surface area contributed by atoms with E-state index in [1.54, 1.807) is 0 Å². The summed E-state index contributed by atoms with van der Waals surface area (Å²) in [4.78, 5) is 11.5. The van der Waals surface area contributed by atoms with Crippen molar-refractivity contribution in [2.75, 3.05) is 6.54 Å². The molecule has 0 bridgehead atoms. The van der Waals surface area contributed by atoms with E-state index in [0.29, 0.717) is 13.0 Å². The second kappa shape index (κ2) is 5.98. The van der Waals surface area contributed by atoms with Crippen LogP contribution in [-0.4, -0.2) is 24.0 Å². The van der Waals surface area contributed by atoms with Crippen molar-refractivity contribution in [1.82, 2.24) is 5.32 Å². The molecular formula is C10H23N3O. The minimum atomic E-state index is -0.402. The lowest BCUT2D eigenvalue weighted by atomic mass is 10.1. The van der Waals surface area contributed by atoms with Gasteiger partial charge in [-0.1, -0.05) is 6.42 Å². The molecule has 0 fully saturated rings. The molecule has 0 aliphatic carbocycles. The first kappa shape index (κ1) is 13.4. The van der Waals surface area contributed by atoms with Gasteiger partial charge in [0.25, 0.3) is 0 Å². The van der Waals surface area contributed by atoms with Crippen LogP contribution in [0.25, 0.3) is 0 Å². The number of amides is 1. The largest absolute Gasteiger partial charge is 0.350 e. The van der Waals surface area contributed by atoms with Gasteiger partial charge in [-0.3, -0.25) is 4.79 Å². The van der Waals surface area contributed by atoms with E-state index in [0.717, 1.165) is 12.8 Å². The van der Waals surface area contributed by atoms with Crippen molar-refractivity contribution in [3.05, 3.63) is 0 Å². The minimum Gasteiger partial charge on any atom is -0.350 e. The quantitative estimate of drug-likeness (QED) is 0.562. The van der Waals surface area contributed by atoms with Gasteiger partial charge >= 0.3 is 0 Å². The molecule has 0 aromatic heterocycles. The molecular weight excluding hydrogens is 178 g/mol. The van der Waals surface area contributed by atoms with Crippen LogP contribution in [0.15, 0.2) is 0 Å². The normalized spacial score (nSPS) is 13.8. The van der Waals surface area contributed by atoms with Crippen LogP contribution in [0, 0.1) is 0 Å². The predicted molar refractivity (Wildman–Crippen MR) is 58.8 cm³/mol. The van der Waals surface area contributed by atoms with E-state index in [2.05, 4.69) is 5.32 Å². The second-order valence-electron chi connectivity index (χ2n) is 4.63. The van der Waals surface area contributed by atoms with Crippen LogP contribution in [0.5, 0.6) is 0 Å². The lowest BCUT2D eigenvalue weighted by Crippen LogP contribution is -2.48. The Morgan fingerprint density at radius 3 is 2.36 bits per heavy atom. The number of hydrogen-bond donors (Lipinski definition) is 3. The van der Waals surface area contributed by atoms with Crippen LogP contribution >= 0.6 is 0 Å². The monoisotopic (exact) mass is 201 g/mol. The number of nitrogens with one attached hydrogen (secondary N) is 1. The molecule has 4 heteroatoms. The van der Waals surface area contributed by atoms with Gasteiger partial charge in [0, 0.05) is 5.54 Å². The molecule has 84 valence electrons. The molecule has 0 rings (SSSR count). The smallest absolute Gasteiger partial charge is 0.237 e. The van der Waals surface area contributed by atoms with Crippen LogP contribution in [0.4, 0.5) is 0 Å². The van der Waals surface area contributed by atoms with E-state index in [1.807, 2.05) is 20.8 Å². The first-order chi connectivity index (χ1) is 6.37. The highest BCUT2D eigenvalue weighted by molar-refractivity contribution is 5.82. The van der Waals surface area contributed by atoms with Gasteiger partial charge in [-0.05, 0) is 40.2 Å². The molecule has 0 heterocycles. The maximum Gasteiger partial charge on any atom is 0.237 e. The third-order valence-corrected chi connectivity index (χ3v) is 1.80. The number of unbranched alkanes of at least 4 members (excludes halogenated alkanes) is 1. The number of carbonyl (C=O) groups is 1. The lowest BCUT2D eigenvalue weighted by Gasteiger charge is -2.23. The van der Waals surface area contributed by atoms with E-state index in [4.69, 9.17) is 11.5 Å². The van der Waals surface area contributed by atoms with Crippen LogP contribution in [0.1, 0.15) is 40.0 Å². The summed E-state index contributed by atoms with van der Waals surface area (Å²) >= 11 is 0. The zero-order valence-electron chi connectivity index (χ0n) is 9.47. The molecule has 0 saturated heterocycles. The maximum atomic E-state index is 11.5. The van der Waals surface area contributed by atoms with Gasteiger partial charge in [-0.2, -0.15) is 0 Å². The molecule has 5 N–H and O–H groups in total. The molecule has 0 unspecified atom stereocenters. The highest BCUT2D eigenvalue weighted by Crippen LogP contribution is 2.02. The highest BCUT2D eigenvalue weighted by Gasteiger charge is 2.18. The van der Waals surface area contributed by atoms with Crippen LogP contribution in [-0.2, 0) is 4.79 Å². The zero-order chi connectivity index (χ0) is 11.2. The number of rotatable bonds is 5. The Hall–Kier alpha value is -0.610. The number of hydrogen-bond acceptors (Lipinski definition) is 3. The Bertz CT molecular complexity index is 175. The standard InChI is InChI=1S/C10H23N3O/c1-10(2,3)13-9(14)8(12)6-4-5-7-11/h8H,4-7,11-12H2,1-3H3,(H,13,14)/t8-/m1/s1. The van der Waals surface area contributed by atoms with E-state index < -0.39 is 6.04 Å². The van der Waals surface area contributed by atoms with Gasteiger partial charge in [-0.15, -0.1) is 0 Å². The number of nitrogens with two attached hydrogens (primary N) is 2. The van der Waals surface area contributed by atoms with Crippen molar-refractivity contribution in [2.24, 2.45) is 11.5 Å². The summed E-state index contributed by atoms with van der Waals surface area (Å²) < 4.78 is 0. The molecule has 4 nitrogen and oxygen atoms in total. The van der Waals surface area contributed by atoms with Gasteiger partial charge in [0.1, 0.15) is 0 Å². The summed E-state index contributed by atoms with van der Waals surface area (Å²) in [5.41, 5.74) is 10.9. The van der Waals surface area contributed by atoms with Crippen molar-refractivity contribution < 1.29 is 4.79 Å². The Balaban J connectivity index is 3.77. The Morgan fingerprint density at radius 1 is 1.36 bits per heavy atom. The molecule has 0 radical (unpaired) electrons. The molecule has 0 aromatic carbocycles. The van der Waals surface area contributed by atoms with E-state index in [-0.39, 0.29) is 11.4 Å². The Morgan fingerprint density at radius 2 is 1.93 bits per heavy atom. The fourth-order valence-electron chi connectivity index (χ4n) is 1.10. The molecule has 1 amide bonds. The van der Waals surface area contributed by atoms with Gasteiger partial charge in [0.05, 0.1) is 6.04 Å².